The third kappa shape index (κ3) is 5.15. The molecule has 9 heteroatoms. The number of hydrogen-bond acceptors (Lipinski definition) is 4. The summed E-state index contributed by atoms with van der Waals surface area (Å²) in [7, 11) is 1.66. The molecule has 7 nitrogen and oxygen atoms in total. The zero-order valence-electron chi connectivity index (χ0n) is 12.8. The van der Waals surface area contributed by atoms with Crippen LogP contribution in [0.5, 0.6) is 0 Å². The average Bonchev–Trinajstić information content (AvgIpc) is 3.00. The normalized spacial score (nSPS) is 15.3. The zero-order chi connectivity index (χ0) is 14.5. The molecule has 126 valence electrons. The van der Waals surface area contributed by atoms with Crippen LogP contribution < -0.4 is 5.32 Å². The van der Waals surface area contributed by atoms with Crippen LogP contribution in [0.15, 0.2) is 18.5 Å². The molecule has 1 saturated heterocycles. The Morgan fingerprint density at radius 2 is 1.95 bits per heavy atom. The predicted molar refractivity (Wildman–Crippen MR) is 88.5 cm³/mol. The Labute approximate surface area is 142 Å². The monoisotopic (exact) mass is 351 g/mol. The Morgan fingerprint density at radius 3 is 2.50 bits per heavy atom. The molecule has 0 spiro atoms. The first-order valence-electron chi connectivity index (χ1n) is 6.82. The Kier molecular flexibility index (Phi) is 9.08. The van der Waals surface area contributed by atoms with Crippen molar-refractivity contribution in [2.75, 3.05) is 39.8 Å². The lowest BCUT2D eigenvalue weighted by atomic mass is 10.3. The summed E-state index contributed by atoms with van der Waals surface area (Å²) in [4.78, 5) is 27.6. The van der Waals surface area contributed by atoms with E-state index >= 15 is 0 Å². The highest BCUT2D eigenvalue weighted by Gasteiger charge is 2.23. The number of nitrogens with zero attached hydrogens (tertiary/aromatic N) is 4. The number of rotatable bonds is 4. The van der Waals surface area contributed by atoms with Crippen LogP contribution in [0.4, 0.5) is 0 Å². The first-order chi connectivity index (χ1) is 9.59. The van der Waals surface area contributed by atoms with Gasteiger partial charge in [0.2, 0.25) is 11.8 Å². The molecule has 2 rings (SSSR count). The van der Waals surface area contributed by atoms with Gasteiger partial charge in [0.1, 0.15) is 6.04 Å². The van der Waals surface area contributed by atoms with E-state index in [4.69, 9.17) is 0 Å². The van der Waals surface area contributed by atoms with Crippen molar-refractivity contribution in [2.45, 2.75) is 13.0 Å². The van der Waals surface area contributed by atoms with Crippen molar-refractivity contribution >= 4 is 36.6 Å². The van der Waals surface area contributed by atoms with Crippen LogP contribution in [-0.4, -0.2) is 71.2 Å². The second kappa shape index (κ2) is 9.66. The number of nitrogens with one attached hydrogen (secondary N) is 1. The molecule has 1 fully saturated rings. The third-order valence-corrected chi connectivity index (χ3v) is 3.50. The van der Waals surface area contributed by atoms with E-state index in [0.717, 1.165) is 13.1 Å². The van der Waals surface area contributed by atoms with Crippen LogP contribution >= 0.6 is 24.8 Å². The van der Waals surface area contributed by atoms with Gasteiger partial charge in [-0.25, -0.2) is 0 Å². The predicted octanol–water partition coefficient (Wildman–Crippen LogP) is 0.178. The van der Waals surface area contributed by atoms with Crippen molar-refractivity contribution in [3.8, 4) is 0 Å². The van der Waals surface area contributed by atoms with Crippen molar-refractivity contribution in [1.82, 2.24) is 24.9 Å². The van der Waals surface area contributed by atoms with E-state index in [0.29, 0.717) is 13.1 Å². The highest BCUT2D eigenvalue weighted by atomic mass is 35.5. The SMILES string of the molecule is CC(C(=O)N(C)CC(=O)N1CCNCC1)n1cccn1.Cl.Cl. The highest BCUT2D eigenvalue weighted by Crippen LogP contribution is 2.07. The van der Waals surface area contributed by atoms with E-state index in [1.165, 1.54) is 4.90 Å². The summed E-state index contributed by atoms with van der Waals surface area (Å²) in [6, 6.07) is 1.38. The third-order valence-electron chi connectivity index (χ3n) is 3.50. The van der Waals surface area contributed by atoms with Gasteiger partial charge in [0.25, 0.3) is 0 Å². The number of hydrogen-bond donors (Lipinski definition) is 1. The number of amides is 2. The van der Waals surface area contributed by atoms with Crippen molar-refractivity contribution in [3.63, 3.8) is 0 Å². The molecule has 1 aromatic heterocycles. The van der Waals surface area contributed by atoms with Crippen LogP contribution in [0.2, 0.25) is 0 Å². The van der Waals surface area contributed by atoms with Crippen LogP contribution in [-0.2, 0) is 9.59 Å². The van der Waals surface area contributed by atoms with Crippen LogP contribution in [0, 0.1) is 0 Å². The Balaban J connectivity index is 0.00000220. The Hall–Kier alpha value is -1.31. The molecule has 1 aromatic rings. The fourth-order valence-corrected chi connectivity index (χ4v) is 2.24. The number of aromatic nitrogens is 2. The average molecular weight is 352 g/mol. The topological polar surface area (TPSA) is 70.5 Å². The minimum absolute atomic E-state index is 0. The molecule has 1 aliphatic heterocycles. The van der Waals surface area contributed by atoms with Crippen molar-refractivity contribution in [3.05, 3.63) is 18.5 Å². The van der Waals surface area contributed by atoms with Gasteiger partial charge in [-0.15, -0.1) is 24.8 Å². The maximum atomic E-state index is 12.2. The summed E-state index contributed by atoms with van der Waals surface area (Å²) in [5.41, 5.74) is 0. The lowest BCUT2D eigenvalue weighted by Crippen LogP contribution is -2.50. The van der Waals surface area contributed by atoms with Crippen LogP contribution in [0.25, 0.3) is 0 Å². The molecule has 1 unspecified atom stereocenters. The zero-order valence-corrected chi connectivity index (χ0v) is 14.4. The lowest BCUT2D eigenvalue weighted by Gasteiger charge is -2.29. The molecule has 0 radical (unpaired) electrons. The van der Waals surface area contributed by atoms with Gasteiger partial charge < -0.3 is 15.1 Å². The first kappa shape index (κ1) is 20.7. The molecule has 1 atom stereocenters. The summed E-state index contributed by atoms with van der Waals surface area (Å²) in [6.45, 7) is 4.93. The molecule has 1 N–H and O–H groups in total. The molecule has 1 aliphatic rings. The molecule has 0 saturated carbocycles. The number of likely N-dealkylation sites (N-methyl/N-ethyl adjacent to an activating group) is 1. The van der Waals surface area contributed by atoms with Gasteiger partial charge in [-0.05, 0) is 13.0 Å². The van der Waals surface area contributed by atoms with Crippen molar-refractivity contribution < 1.29 is 9.59 Å². The minimum Gasteiger partial charge on any atom is -0.339 e. The standard InChI is InChI=1S/C13H21N5O2.2ClH/c1-11(18-7-3-4-15-18)13(20)16(2)10-12(19)17-8-5-14-6-9-17;;/h3-4,7,11,14H,5-6,8-10H2,1-2H3;2*1H. The van der Waals surface area contributed by atoms with Gasteiger partial charge in [-0.2, -0.15) is 5.10 Å². The lowest BCUT2D eigenvalue weighted by molar-refractivity contribution is -0.141. The fraction of sp³-hybridized carbons (Fsp3) is 0.615. The van der Waals surface area contributed by atoms with E-state index in [9.17, 15) is 9.59 Å². The van der Waals surface area contributed by atoms with Gasteiger partial charge in [-0.1, -0.05) is 0 Å². The molecule has 2 heterocycles. The second-order valence-electron chi connectivity index (χ2n) is 4.99. The molecule has 0 bridgehead atoms. The Morgan fingerprint density at radius 1 is 1.32 bits per heavy atom. The summed E-state index contributed by atoms with van der Waals surface area (Å²) in [5.74, 6) is -0.118. The molecular formula is C13H23Cl2N5O2. The number of carbonyl (C=O) groups is 2. The molecule has 0 aromatic carbocycles. The summed E-state index contributed by atoms with van der Waals surface area (Å²) in [6.07, 6.45) is 3.38. The summed E-state index contributed by atoms with van der Waals surface area (Å²) >= 11 is 0. The minimum atomic E-state index is -0.397. The maximum absolute atomic E-state index is 12.2. The summed E-state index contributed by atoms with van der Waals surface area (Å²) < 4.78 is 1.59. The van der Waals surface area contributed by atoms with E-state index in [1.54, 1.807) is 42.0 Å². The van der Waals surface area contributed by atoms with Crippen molar-refractivity contribution in [1.29, 1.82) is 0 Å². The van der Waals surface area contributed by atoms with E-state index in [1.807, 2.05) is 0 Å². The largest absolute Gasteiger partial charge is 0.339 e. The smallest absolute Gasteiger partial charge is 0.247 e. The fourth-order valence-electron chi connectivity index (χ4n) is 2.24. The quantitative estimate of drug-likeness (QED) is 0.839. The van der Waals surface area contributed by atoms with Crippen LogP contribution in [0.3, 0.4) is 0 Å². The highest BCUT2D eigenvalue weighted by molar-refractivity contribution is 5.86. The number of halogens is 2. The first-order valence-corrected chi connectivity index (χ1v) is 6.82. The van der Waals surface area contributed by atoms with E-state index in [-0.39, 0.29) is 43.2 Å². The number of piperazine rings is 1. The van der Waals surface area contributed by atoms with Crippen molar-refractivity contribution in [2.24, 2.45) is 0 Å². The summed E-state index contributed by atoms with van der Waals surface area (Å²) in [5, 5.41) is 7.25. The molecule has 22 heavy (non-hydrogen) atoms. The Bertz CT molecular complexity index is 463. The van der Waals surface area contributed by atoms with Gasteiger partial charge in [-0.3, -0.25) is 14.3 Å². The van der Waals surface area contributed by atoms with Gasteiger partial charge >= 0.3 is 0 Å². The molecule has 2 amide bonds. The maximum Gasteiger partial charge on any atom is 0.247 e. The van der Waals surface area contributed by atoms with Gasteiger partial charge in [0.05, 0.1) is 6.54 Å². The molecule has 0 aliphatic carbocycles. The second-order valence-corrected chi connectivity index (χ2v) is 4.99. The van der Waals surface area contributed by atoms with Crippen LogP contribution in [0.1, 0.15) is 13.0 Å². The van der Waals surface area contributed by atoms with E-state index < -0.39 is 6.04 Å². The number of carbonyl (C=O) groups excluding carboxylic acids is 2. The van der Waals surface area contributed by atoms with Gasteiger partial charge in [0, 0.05) is 45.6 Å². The van der Waals surface area contributed by atoms with E-state index in [2.05, 4.69) is 10.4 Å². The van der Waals surface area contributed by atoms with Gasteiger partial charge in [0.15, 0.2) is 0 Å². The molecular weight excluding hydrogens is 329 g/mol.